The van der Waals surface area contributed by atoms with Gasteiger partial charge in [-0.2, -0.15) is 5.21 Å². The lowest BCUT2D eigenvalue weighted by Crippen LogP contribution is -2.13. The predicted octanol–water partition coefficient (Wildman–Crippen LogP) is 4.70. The largest absolute Gasteiger partial charge is 0.321 e. The molecule has 27 heavy (non-hydrogen) atoms. The van der Waals surface area contributed by atoms with Crippen LogP contribution in [-0.2, 0) is 0 Å². The van der Waals surface area contributed by atoms with Crippen LogP contribution in [0.15, 0.2) is 42.5 Å². The van der Waals surface area contributed by atoms with Gasteiger partial charge in [-0.05, 0) is 43.2 Å². The van der Waals surface area contributed by atoms with Crippen molar-refractivity contribution in [2.45, 2.75) is 45.1 Å². The van der Waals surface area contributed by atoms with Crippen molar-refractivity contribution in [3.63, 3.8) is 0 Å². The van der Waals surface area contributed by atoms with Gasteiger partial charge >= 0.3 is 0 Å². The van der Waals surface area contributed by atoms with E-state index in [9.17, 15) is 0 Å². The van der Waals surface area contributed by atoms with Crippen molar-refractivity contribution in [2.75, 3.05) is 0 Å². The number of hydrogen-bond donors (Lipinski definition) is 1. The van der Waals surface area contributed by atoms with E-state index in [0.717, 1.165) is 16.9 Å². The Morgan fingerprint density at radius 3 is 2.48 bits per heavy atom. The number of imidazole rings is 1. The Balaban J connectivity index is 1.69. The zero-order valence-corrected chi connectivity index (χ0v) is 15.4. The van der Waals surface area contributed by atoms with E-state index < -0.39 is 0 Å². The number of hydrogen-bond acceptors (Lipinski definition) is 4. The van der Waals surface area contributed by atoms with Gasteiger partial charge < -0.3 is 4.57 Å². The number of aryl methyl sites for hydroxylation is 1. The van der Waals surface area contributed by atoms with Crippen LogP contribution >= 0.6 is 0 Å². The van der Waals surface area contributed by atoms with E-state index in [2.05, 4.69) is 74.6 Å². The summed E-state index contributed by atoms with van der Waals surface area (Å²) in [4.78, 5) is 5.04. The molecule has 0 aliphatic heterocycles. The van der Waals surface area contributed by atoms with Gasteiger partial charge in [-0.15, -0.1) is 10.2 Å². The topological polar surface area (TPSA) is 72.3 Å². The number of rotatable bonds is 3. The van der Waals surface area contributed by atoms with E-state index in [-0.39, 0.29) is 0 Å². The normalized spacial score (nSPS) is 15.4. The molecule has 6 nitrogen and oxygen atoms in total. The Morgan fingerprint density at radius 2 is 1.74 bits per heavy atom. The highest BCUT2D eigenvalue weighted by Crippen LogP contribution is 2.36. The lowest BCUT2D eigenvalue weighted by Gasteiger charge is -2.25. The highest BCUT2D eigenvalue weighted by Gasteiger charge is 2.22. The van der Waals surface area contributed by atoms with Gasteiger partial charge in [0, 0.05) is 17.2 Å². The zero-order valence-electron chi connectivity index (χ0n) is 15.4. The third-order valence-corrected chi connectivity index (χ3v) is 5.54. The summed E-state index contributed by atoms with van der Waals surface area (Å²) in [5, 5.41) is 14.4. The Morgan fingerprint density at radius 1 is 0.963 bits per heavy atom. The molecule has 0 radical (unpaired) electrons. The number of benzene rings is 2. The summed E-state index contributed by atoms with van der Waals surface area (Å²) in [6, 6.07) is 15.5. The summed E-state index contributed by atoms with van der Waals surface area (Å²) < 4.78 is 2.46. The molecule has 6 heteroatoms. The first-order valence-electron chi connectivity index (χ1n) is 9.62. The second-order valence-electron chi connectivity index (χ2n) is 7.40. The van der Waals surface area contributed by atoms with E-state index in [4.69, 9.17) is 4.98 Å². The van der Waals surface area contributed by atoms with Gasteiger partial charge in [0.15, 0.2) is 0 Å². The number of nitrogens with one attached hydrogen (secondary N) is 1. The molecule has 1 aliphatic carbocycles. The molecular formula is C21H22N6. The molecule has 2 aromatic heterocycles. The molecule has 1 aliphatic rings. The minimum Gasteiger partial charge on any atom is -0.321 e. The maximum absolute atomic E-state index is 5.04. The fourth-order valence-electron chi connectivity index (χ4n) is 4.14. The summed E-state index contributed by atoms with van der Waals surface area (Å²) in [7, 11) is 0. The van der Waals surface area contributed by atoms with E-state index in [0.29, 0.717) is 11.9 Å². The third-order valence-electron chi connectivity index (χ3n) is 5.54. The minimum absolute atomic E-state index is 0.510. The van der Waals surface area contributed by atoms with Crippen molar-refractivity contribution in [2.24, 2.45) is 0 Å². The first kappa shape index (κ1) is 16.2. The third kappa shape index (κ3) is 2.91. The second kappa shape index (κ2) is 6.61. The Kier molecular flexibility index (Phi) is 3.96. The molecule has 0 amide bonds. The van der Waals surface area contributed by atoms with Crippen LogP contribution in [-0.4, -0.2) is 30.2 Å². The van der Waals surface area contributed by atoms with Crippen molar-refractivity contribution < 1.29 is 0 Å². The van der Waals surface area contributed by atoms with Crippen LogP contribution in [0.1, 0.15) is 43.7 Å². The van der Waals surface area contributed by atoms with Crippen LogP contribution in [0.25, 0.3) is 33.8 Å². The monoisotopic (exact) mass is 358 g/mol. The van der Waals surface area contributed by atoms with E-state index >= 15 is 0 Å². The second-order valence-corrected chi connectivity index (χ2v) is 7.40. The Bertz CT molecular complexity index is 1060. The highest BCUT2D eigenvalue weighted by molar-refractivity contribution is 5.84. The van der Waals surface area contributed by atoms with E-state index in [1.54, 1.807) is 0 Å². The molecule has 0 unspecified atom stereocenters. The summed E-state index contributed by atoms with van der Waals surface area (Å²) in [6.07, 6.45) is 6.36. The standard InChI is InChI=1S/C21H22N6/c1-14-7-9-15(10-8-14)21-22-18-13-16(20-23-25-26-24-20)11-12-19(18)27(21)17-5-3-2-4-6-17/h7-13,17H,2-6H2,1H3,(H,23,24,25,26). The van der Waals surface area contributed by atoms with Crippen LogP contribution < -0.4 is 0 Å². The fourth-order valence-corrected chi connectivity index (χ4v) is 4.14. The van der Waals surface area contributed by atoms with Gasteiger partial charge in [0.05, 0.1) is 11.0 Å². The summed E-state index contributed by atoms with van der Waals surface area (Å²) >= 11 is 0. The maximum Gasteiger partial charge on any atom is 0.204 e. The molecule has 0 bridgehead atoms. The number of fused-ring (bicyclic) bond motifs is 1. The number of H-pyrrole nitrogens is 1. The number of nitrogens with zero attached hydrogens (tertiary/aromatic N) is 5. The van der Waals surface area contributed by atoms with Crippen LogP contribution in [0, 0.1) is 6.92 Å². The van der Waals surface area contributed by atoms with Gasteiger partial charge in [0.1, 0.15) is 5.82 Å². The average Bonchev–Trinajstić information content (AvgIpc) is 3.37. The molecule has 1 fully saturated rings. The van der Waals surface area contributed by atoms with Gasteiger partial charge in [-0.1, -0.05) is 49.1 Å². The molecule has 136 valence electrons. The number of aromatic nitrogens is 6. The van der Waals surface area contributed by atoms with Crippen molar-refractivity contribution in [1.82, 2.24) is 30.2 Å². The summed E-state index contributed by atoms with van der Waals surface area (Å²) in [5.74, 6) is 1.66. The molecule has 1 saturated carbocycles. The van der Waals surface area contributed by atoms with Gasteiger partial charge in [0.2, 0.25) is 5.82 Å². The summed E-state index contributed by atoms with van der Waals surface area (Å²) in [6.45, 7) is 2.12. The van der Waals surface area contributed by atoms with Crippen molar-refractivity contribution in [1.29, 1.82) is 0 Å². The smallest absolute Gasteiger partial charge is 0.204 e. The quantitative estimate of drug-likeness (QED) is 0.576. The molecular weight excluding hydrogens is 336 g/mol. The van der Waals surface area contributed by atoms with Crippen LogP contribution in [0.2, 0.25) is 0 Å². The lowest BCUT2D eigenvalue weighted by molar-refractivity contribution is 0.362. The molecule has 2 heterocycles. The first-order chi connectivity index (χ1) is 13.3. The SMILES string of the molecule is Cc1ccc(-c2nc3cc(-c4nn[nH]n4)ccc3n2C2CCCCC2)cc1. The molecule has 0 atom stereocenters. The number of tetrazole rings is 1. The van der Waals surface area contributed by atoms with Crippen LogP contribution in [0.4, 0.5) is 0 Å². The fraction of sp³-hybridized carbons (Fsp3) is 0.333. The van der Waals surface area contributed by atoms with E-state index in [1.165, 1.54) is 48.7 Å². The minimum atomic E-state index is 0.510. The summed E-state index contributed by atoms with van der Waals surface area (Å²) in [5.41, 5.74) is 5.53. The van der Waals surface area contributed by atoms with Crippen molar-refractivity contribution in [3.05, 3.63) is 48.0 Å². The molecule has 4 aromatic rings. The zero-order chi connectivity index (χ0) is 18.2. The van der Waals surface area contributed by atoms with Crippen LogP contribution in [0.5, 0.6) is 0 Å². The molecule has 2 aromatic carbocycles. The van der Waals surface area contributed by atoms with E-state index in [1.807, 2.05) is 0 Å². The van der Waals surface area contributed by atoms with Crippen molar-refractivity contribution >= 4 is 11.0 Å². The van der Waals surface area contributed by atoms with Gasteiger partial charge in [-0.3, -0.25) is 0 Å². The van der Waals surface area contributed by atoms with Crippen LogP contribution in [0.3, 0.4) is 0 Å². The number of aromatic amines is 1. The maximum atomic E-state index is 5.04. The van der Waals surface area contributed by atoms with Gasteiger partial charge in [-0.25, -0.2) is 4.98 Å². The molecule has 0 spiro atoms. The Labute approximate surface area is 157 Å². The van der Waals surface area contributed by atoms with Gasteiger partial charge in [0.25, 0.3) is 0 Å². The average molecular weight is 358 g/mol. The molecule has 1 N–H and O–H groups in total. The molecule has 5 rings (SSSR count). The predicted molar refractivity (Wildman–Crippen MR) is 105 cm³/mol. The first-order valence-corrected chi connectivity index (χ1v) is 9.62. The van der Waals surface area contributed by atoms with Crippen molar-refractivity contribution in [3.8, 4) is 22.8 Å². The Hall–Kier alpha value is -3.02. The lowest BCUT2D eigenvalue weighted by atomic mass is 9.94. The molecule has 0 saturated heterocycles. The highest BCUT2D eigenvalue weighted by atomic mass is 15.5.